The Morgan fingerprint density at radius 2 is 2.05 bits per heavy atom. The summed E-state index contributed by atoms with van der Waals surface area (Å²) in [5.74, 6) is 1.74. The highest BCUT2D eigenvalue weighted by Crippen LogP contribution is 2.36. The van der Waals surface area contributed by atoms with Crippen LogP contribution in [0.3, 0.4) is 0 Å². The van der Waals surface area contributed by atoms with Crippen molar-refractivity contribution < 1.29 is 9.53 Å². The molecule has 2 bridgehead atoms. The molecule has 2 aliphatic heterocycles. The molecule has 6 heterocycles. The number of nitrogens with one attached hydrogen (secondary N) is 1. The molecule has 2 aliphatic rings. The van der Waals surface area contributed by atoms with Crippen molar-refractivity contribution in [2.24, 2.45) is 0 Å². The number of amides is 1. The van der Waals surface area contributed by atoms with Crippen molar-refractivity contribution in [2.45, 2.75) is 13.3 Å². The second-order valence-electron chi connectivity index (χ2n) is 9.78. The molecular weight excluding hydrogens is 506 g/mol. The van der Waals surface area contributed by atoms with Crippen LogP contribution in [0, 0.1) is 6.92 Å². The van der Waals surface area contributed by atoms with Crippen LogP contribution in [-0.2, 0) is 11.2 Å². The normalized spacial score (nSPS) is 14.4. The Labute approximate surface area is 229 Å². The van der Waals surface area contributed by atoms with E-state index in [1.54, 1.807) is 22.0 Å². The largest absolute Gasteiger partial charge is 0.459 e. The lowest BCUT2D eigenvalue weighted by atomic mass is 10.0. The number of hydrogen-bond acceptors (Lipinski definition) is 9. The van der Waals surface area contributed by atoms with Gasteiger partial charge in [0, 0.05) is 31.0 Å². The molecule has 7 rings (SSSR count). The highest BCUT2D eigenvalue weighted by atomic mass is 16.5. The summed E-state index contributed by atoms with van der Waals surface area (Å²) in [6.07, 6.45) is 8.73. The van der Waals surface area contributed by atoms with Gasteiger partial charge in [-0.05, 0) is 60.4 Å². The van der Waals surface area contributed by atoms with Crippen molar-refractivity contribution in [1.82, 2.24) is 34.4 Å². The lowest BCUT2D eigenvalue weighted by molar-refractivity contribution is -0.124. The van der Waals surface area contributed by atoms with Crippen LogP contribution in [0.1, 0.15) is 16.7 Å². The Hall–Kier alpha value is -5.32. The molecule has 0 spiro atoms. The molecule has 1 N–H and O–H groups in total. The summed E-state index contributed by atoms with van der Waals surface area (Å²) in [6.45, 7) is 7.36. The van der Waals surface area contributed by atoms with Gasteiger partial charge in [-0.15, -0.1) is 0 Å². The van der Waals surface area contributed by atoms with Crippen molar-refractivity contribution in [2.75, 3.05) is 29.9 Å². The van der Waals surface area contributed by atoms with Gasteiger partial charge in [0.2, 0.25) is 5.91 Å². The Balaban J connectivity index is 1.16. The Morgan fingerprint density at radius 3 is 2.92 bits per heavy atom. The minimum absolute atomic E-state index is 0.145. The van der Waals surface area contributed by atoms with Crippen LogP contribution in [-0.4, -0.2) is 60.0 Å². The predicted octanol–water partition coefficient (Wildman–Crippen LogP) is 3.78. The first-order valence-electron chi connectivity index (χ1n) is 12.9. The van der Waals surface area contributed by atoms with Crippen molar-refractivity contribution in [3.05, 3.63) is 96.6 Å². The minimum Gasteiger partial charge on any atom is -0.459 e. The number of benzene rings is 1. The maximum Gasteiger partial charge on any atom is 0.250 e. The smallest absolute Gasteiger partial charge is 0.250 e. The molecule has 0 atom stereocenters. The van der Waals surface area contributed by atoms with E-state index in [-0.39, 0.29) is 5.91 Å². The average Bonchev–Trinajstić information content (AvgIpc) is 3.40. The number of aromatic nitrogens is 6. The molecule has 11 nitrogen and oxygen atoms in total. The molecule has 0 radical (unpaired) electrons. The molecule has 1 amide bonds. The van der Waals surface area contributed by atoms with Crippen LogP contribution < -0.4 is 15.0 Å². The van der Waals surface area contributed by atoms with Crippen LogP contribution in [0.2, 0.25) is 0 Å². The quantitative estimate of drug-likeness (QED) is 0.339. The average molecular weight is 532 g/mol. The van der Waals surface area contributed by atoms with Gasteiger partial charge in [0.15, 0.2) is 23.0 Å². The molecule has 1 aromatic carbocycles. The van der Waals surface area contributed by atoms with Gasteiger partial charge >= 0.3 is 0 Å². The summed E-state index contributed by atoms with van der Waals surface area (Å²) >= 11 is 0. The van der Waals surface area contributed by atoms with E-state index in [1.165, 1.54) is 23.5 Å². The molecule has 1 fully saturated rings. The first kappa shape index (κ1) is 23.8. The number of aryl methyl sites for hydroxylation is 1. The summed E-state index contributed by atoms with van der Waals surface area (Å²) < 4.78 is 7.72. The second kappa shape index (κ2) is 9.45. The first-order valence-corrected chi connectivity index (χ1v) is 12.9. The van der Waals surface area contributed by atoms with E-state index < -0.39 is 0 Å². The molecule has 0 saturated carbocycles. The van der Waals surface area contributed by atoms with Gasteiger partial charge in [-0.25, -0.2) is 24.5 Å². The second-order valence-corrected chi connectivity index (χ2v) is 9.78. The minimum atomic E-state index is -0.145. The van der Waals surface area contributed by atoms with Crippen LogP contribution in [0.4, 0.5) is 17.3 Å². The number of carbonyl (C=O) groups is 1. The van der Waals surface area contributed by atoms with E-state index >= 15 is 0 Å². The molecule has 11 heteroatoms. The van der Waals surface area contributed by atoms with Gasteiger partial charge in [-0.2, -0.15) is 5.10 Å². The molecule has 40 heavy (non-hydrogen) atoms. The van der Waals surface area contributed by atoms with Gasteiger partial charge in [0.05, 0.1) is 17.8 Å². The van der Waals surface area contributed by atoms with Crippen LogP contribution in [0.5, 0.6) is 5.75 Å². The maximum atomic E-state index is 12.3. The molecule has 0 aliphatic carbocycles. The molecule has 0 unspecified atom stereocenters. The molecular formula is C29H25N9O2. The van der Waals surface area contributed by atoms with E-state index in [4.69, 9.17) is 9.72 Å². The van der Waals surface area contributed by atoms with Gasteiger partial charge in [-0.3, -0.25) is 4.79 Å². The van der Waals surface area contributed by atoms with Crippen LogP contribution in [0.25, 0.3) is 16.7 Å². The Kier molecular flexibility index (Phi) is 5.62. The fraction of sp³-hybridized carbons (Fsp3) is 0.172. The topological polar surface area (TPSA) is 114 Å². The van der Waals surface area contributed by atoms with Crippen LogP contribution in [0.15, 0.2) is 79.9 Å². The third-order valence-corrected chi connectivity index (χ3v) is 7.26. The van der Waals surface area contributed by atoms with Gasteiger partial charge < -0.3 is 19.9 Å². The third kappa shape index (κ3) is 4.17. The summed E-state index contributed by atoms with van der Waals surface area (Å²) in [7, 11) is 0. The van der Waals surface area contributed by atoms with E-state index in [2.05, 4.69) is 68.0 Å². The number of anilines is 3. The molecule has 198 valence electrons. The van der Waals surface area contributed by atoms with Gasteiger partial charge in [0.1, 0.15) is 24.4 Å². The maximum absolute atomic E-state index is 12.3. The number of nitrogens with zero attached hydrogens (tertiary/aromatic N) is 8. The number of ether oxygens (including phenoxy) is 1. The SMILES string of the molecule is C=CC(=O)N1CCN2CC1=COc1cc3ncnc(Nc4ccc(Cc5ccn6ncnc6c5)c(C)c4)c3nc12. The highest BCUT2D eigenvalue weighted by Gasteiger charge is 2.30. The standard InChI is InChI=1S/C29H25N9O2/c1-3-26(39)37-9-8-36-14-22(37)15-40-24-13-23-27(35-29(24)36)28(32-16-30-23)34-21-5-4-20(18(2)10-21)11-19-6-7-38-25(12-19)31-17-33-38/h3-7,10,12-13,15-17H,1,8-9,11,14H2,2H3,(H,30,32,34). The van der Waals surface area contributed by atoms with Gasteiger partial charge in [0.25, 0.3) is 0 Å². The van der Waals surface area contributed by atoms with Gasteiger partial charge in [-0.1, -0.05) is 12.6 Å². The fourth-order valence-corrected chi connectivity index (χ4v) is 5.16. The van der Waals surface area contributed by atoms with Crippen molar-refractivity contribution in [1.29, 1.82) is 0 Å². The van der Waals surface area contributed by atoms with E-state index in [0.29, 0.717) is 48.1 Å². The number of hydrogen-bond donors (Lipinski definition) is 1. The van der Waals surface area contributed by atoms with Crippen molar-refractivity contribution in [3.8, 4) is 5.75 Å². The molecule has 5 aromatic rings. The zero-order valence-corrected chi connectivity index (χ0v) is 21.8. The molecule has 4 aromatic heterocycles. The lowest BCUT2D eigenvalue weighted by Gasteiger charge is -2.35. The first-order chi connectivity index (χ1) is 19.6. The summed E-state index contributed by atoms with van der Waals surface area (Å²) in [6, 6.07) is 12.3. The number of carbonyl (C=O) groups excluding carboxylic acids is 1. The zero-order chi connectivity index (χ0) is 27.2. The summed E-state index contributed by atoms with van der Waals surface area (Å²) in [5.41, 5.74) is 7.35. The predicted molar refractivity (Wildman–Crippen MR) is 150 cm³/mol. The van der Waals surface area contributed by atoms with Crippen LogP contribution >= 0.6 is 0 Å². The van der Waals surface area contributed by atoms with E-state index in [0.717, 1.165) is 29.0 Å². The number of fused-ring (bicyclic) bond motifs is 6. The highest BCUT2D eigenvalue weighted by molar-refractivity contribution is 5.91. The number of rotatable bonds is 5. The monoisotopic (exact) mass is 531 g/mol. The Morgan fingerprint density at radius 1 is 1.12 bits per heavy atom. The number of pyridine rings is 2. The fourth-order valence-electron chi connectivity index (χ4n) is 5.16. The summed E-state index contributed by atoms with van der Waals surface area (Å²) in [5, 5.41) is 7.60. The van der Waals surface area contributed by atoms with Crippen molar-refractivity contribution >= 4 is 39.9 Å². The third-order valence-electron chi connectivity index (χ3n) is 7.26. The van der Waals surface area contributed by atoms with E-state index in [9.17, 15) is 4.79 Å². The zero-order valence-electron chi connectivity index (χ0n) is 21.8. The number of piperazine rings is 1. The molecule has 1 saturated heterocycles. The van der Waals surface area contributed by atoms with Crippen molar-refractivity contribution in [3.63, 3.8) is 0 Å². The lowest BCUT2D eigenvalue weighted by Crippen LogP contribution is -2.46. The summed E-state index contributed by atoms with van der Waals surface area (Å²) in [4.78, 5) is 34.2. The Bertz CT molecular complexity index is 1840. The van der Waals surface area contributed by atoms with E-state index in [1.807, 2.05) is 18.3 Å².